The number of esters is 1. The van der Waals surface area contributed by atoms with Gasteiger partial charge in [0.1, 0.15) is 18.5 Å². The minimum Gasteiger partial charge on any atom is -0.460 e. The van der Waals surface area contributed by atoms with E-state index in [2.05, 4.69) is 51.0 Å². The number of hydrogen-bond donors (Lipinski definition) is 4. The van der Waals surface area contributed by atoms with Gasteiger partial charge < -0.3 is 26.4 Å². The third-order valence-corrected chi connectivity index (χ3v) is 8.70. The van der Waals surface area contributed by atoms with E-state index in [0.717, 1.165) is 19.3 Å². The lowest BCUT2D eigenvalue weighted by Crippen LogP contribution is -2.63. The summed E-state index contributed by atoms with van der Waals surface area (Å²) in [5.41, 5.74) is 7.81. The standard InChI is InChI=1S/C22H34O5.CH4N2S/c1-6-20(4)11-16(27-17(25)12-23)21(5)13(2)7-9-22(14(3)19(20)26)10-8-15(24)18(21)22;2-1(3)4/h6,13-14,16,18-19,23,26H,1,7-12H2,2-5H3;(H4,2,3,4)/t13-,14+,16-,18-,19+,20-,21+,22+;/m1./s1. The van der Waals surface area contributed by atoms with Crippen LogP contribution in [0.3, 0.4) is 0 Å². The summed E-state index contributed by atoms with van der Waals surface area (Å²) in [6.07, 6.45) is 4.10. The first kappa shape index (κ1) is 25.7. The average molecular weight is 455 g/mol. The topological polar surface area (TPSA) is 136 Å². The lowest BCUT2D eigenvalue weighted by atomic mass is 9.44. The Bertz CT molecular complexity index is 741. The van der Waals surface area contributed by atoms with Crippen LogP contribution in [0, 0.1) is 34.0 Å². The van der Waals surface area contributed by atoms with Crippen LogP contribution < -0.4 is 11.5 Å². The third-order valence-electron chi connectivity index (χ3n) is 8.70. The fourth-order valence-corrected chi connectivity index (χ4v) is 6.70. The van der Waals surface area contributed by atoms with Crippen molar-refractivity contribution in [3.05, 3.63) is 12.7 Å². The molecular formula is C23H38N2O5S. The number of hydrogen-bond acceptors (Lipinski definition) is 6. The van der Waals surface area contributed by atoms with Gasteiger partial charge in [-0.05, 0) is 55.2 Å². The summed E-state index contributed by atoms with van der Waals surface area (Å²) in [5, 5.41) is 20.6. The number of nitrogens with two attached hydrogens (primary N) is 2. The SMILES string of the molecule is C=C[C@]1(C)C[C@@H](OC(=O)CO)[C@]2(C)[C@H](C)CC[C@]3(CCC(=O)[C@@H]32)[C@@H](C)[C@@H]1O.NC(N)=S. The number of rotatable bonds is 3. The fourth-order valence-electron chi connectivity index (χ4n) is 6.70. The molecule has 3 saturated carbocycles. The second-order valence-electron chi connectivity index (χ2n) is 10.1. The molecule has 0 heterocycles. The Morgan fingerprint density at radius 3 is 2.42 bits per heavy atom. The van der Waals surface area contributed by atoms with Crippen LogP contribution in [0.25, 0.3) is 0 Å². The van der Waals surface area contributed by atoms with E-state index in [9.17, 15) is 19.8 Å². The minimum atomic E-state index is -0.686. The van der Waals surface area contributed by atoms with Gasteiger partial charge in [-0.2, -0.15) is 0 Å². The van der Waals surface area contributed by atoms with Gasteiger partial charge in [-0.25, -0.2) is 4.79 Å². The zero-order valence-electron chi connectivity index (χ0n) is 19.1. The van der Waals surface area contributed by atoms with E-state index in [1.165, 1.54) is 0 Å². The van der Waals surface area contributed by atoms with Crippen molar-refractivity contribution in [1.29, 1.82) is 0 Å². The Morgan fingerprint density at radius 2 is 1.90 bits per heavy atom. The number of aliphatic hydroxyl groups excluding tert-OH is 2. The Labute approximate surface area is 190 Å². The molecule has 0 aromatic rings. The first-order valence-electron chi connectivity index (χ1n) is 11.0. The predicted octanol–water partition coefficient (Wildman–Crippen LogP) is 2.07. The van der Waals surface area contributed by atoms with Crippen molar-refractivity contribution in [1.82, 2.24) is 0 Å². The average Bonchev–Trinajstić information content (AvgIpc) is 3.06. The number of thiocarbonyl (C=S) groups is 1. The van der Waals surface area contributed by atoms with Gasteiger partial charge in [0.2, 0.25) is 0 Å². The van der Waals surface area contributed by atoms with E-state index < -0.39 is 35.6 Å². The molecule has 0 unspecified atom stereocenters. The molecule has 3 aliphatic carbocycles. The Kier molecular flexibility index (Phi) is 7.61. The summed E-state index contributed by atoms with van der Waals surface area (Å²) in [6, 6.07) is 0. The number of aliphatic hydroxyl groups is 2. The Hall–Kier alpha value is -1.51. The van der Waals surface area contributed by atoms with E-state index in [1.54, 1.807) is 6.08 Å². The largest absolute Gasteiger partial charge is 0.460 e. The van der Waals surface area contributed by atoms with Gasteiger partial charge in [0, 0.05) is 23.2 Å². The van der Waals surface area contributed by atoms with Crippen molar-refractivity contribution in [3.63, 3.8) is 0 Å². The van der Waals surface area contributed by atoms with Crippen molar-refractivity contribution in [3.8, 4) is 0 Å². The number of ether oxygens (including phenoxy) is 1. The van der Waals surface area contributed by atoms with Crippen LogP contribution in [0.4, 0.5) is 0 Å². The zero-order chi connectivity index (χ0) is 23.8. The smallest absolute Gasteiger partial charge is 0.332 e. The van der Waals surface area contributed by atoms with E-state index >= 15 is 0 Å². The number of Topliss-reactive ketones (excluding diaryl/α,β-unsaturated/α-hetero) is 1. The number of carbonyl (C=O) groups is 2. The molecule has 0 spiro atoms. The molecule has 31 heavy (non-hydrogen) atoms. The van der Waals surface area contributed by atoms with Gasteiger partial charge in [0.25, 0.3) is 0 Å². The van der Waals surface area contributed by atoms with Crippen molar-refractivity contribution >= 4 is 29.1 Å². The van der Waals surface area contributed by atoms with Gasteiger partial charge >= 0.3 is 5.97 Å². The first-order valence-corrected chi connectivity index (χ1v) is 11.4. The van der Waals surface area contributed by atoms with E-state index in [-0.39, 0.29) is 34.1 Å². The number of carbonyl (C=O) groups excluding carboxylic acids is 2. The maximum absolute atomic E-state index is 13.1. The number of ketones is 1. The van der Waals surface area contributed by atoms with Gasteiger partial charge in [-0.3, -0.25) is 4.79 Å². The van der Waals surface area contributed by atoms with Crippen molar-refractivity contribution in [2.24, 2.45) is 45.5 Å². The molecule has 6 N–H and O–H groups in total. The van der Waals surface area contributed by atoms with Crippen LogP contribution in [0.15, 0.2) is 12.7 Å². The van der Waals surface area contributed by atoms with E-state index in [4.69, 9.17) is 4.74 Å². The highest BCUT2D eigenvalue weighted by atomic mass is 32.1. The summed E-state index contributed by atoms with van der Waals surface area (Å²) in [6.45, 7) is 11.5. The normalized spacial score (nSPS) is 44.1. The third kappa shape index (κ3) is 4.26. The van der Waals surface area contributed by atoms with E-state index in [1.807, 2.05) is 6.92 Å². The van der Waals surface area contributed by atoms with Crippen LogP contribution in [-0.2, 0) is 14.3 Å². The first-order chi connectivity index (χ1) is 14.3. The highest BCUT2D eigenvalue weighted by molar-refractivity contribution is 7.80. The summed E-state index contributed by atoms with van der Waals surface area (Å²) >= 11 is 4.09. The van der Waals surface area contributed by atoms with Crippen molar-refractivity contribution < 1.29 is 24.5 Å². The second-order valence-corrected chi connectivity index (χ2v) is 10.6. The fraction of sp³-hybridized carbons (Fsp3) is 0.783. The summed E-state index contributed by atoms with van der Waals surface area (Å²) < 4.78 is 5.77. The van der Waals surface area contributed by atoms with Crippen LogP contribution in [0.5, 0.6) is 0 Å². The molecule has 2 bridgehead atoms. The molecule has 0 radical (unpaired) electrons. The molecule has 0 aromatic carbocycles. The molecule has 176 valence electrons. The summed E-state index contributed by atoms with van der Waals surface area (Å²) in [5.74, 6) is -0.520. The van der Waals surface area contributed by atoms with Crippen LogP contribution in [0.1, 0.15) is 59.8 Å². The lowest BCUT2D eigenvalue weighted by Gasteiger charge is -2.61. The van der Waals surface area contributed by atoms with Crippen LogP contribution in [-0.4, -0.2) is 45.9 Å². The predicted molar refractivity (Wildman–Crippen MR) is 123 cm³/mol. The van der Waals surface area contributed by atoms with Crippen LogP contribution >= 0.6 is 12.2 Å². The maximum atomic E-state index is 13.1. The molecular weight excluding hydrogens is 416 g/mol. The molecule has 8 heteroatoms. The quantitative estimate of drug-likeness (QED) is 0.289. The van der Waals surface area contributed by atoms with Gasteiger partial charge in [0.05, 0.1) is 6.10 Å². The summed E-state index contributed by atoms with van der Waals surface area (Å²) in [7, 11) is 0. The molecule has 0 saturated heterocycles. The molecule has 0 aliphatic heterocycles. The molecule has 8 atom stereocenters. The molecule has 3 rings (SSSR count). The van der Waals surface area contributed by atoms with Crippen molar-refractivity contribution in [2.75, 3.05) is 6.61 Å². The summed E-state index contributed by atoms with van der Waals surface area (Å²) in [4.78, 5) is 25.2. The highest BCUT2D eigenvalue weighted by Crippen LogP contribution is 2.67. The zero-order valence-corrected chi connectivity index (χ0v) is 19.9. The lowest BCUT2D eigenvalue weighted by molar-refractivity contribution is -0.207. The maximum Gasteiger partial charge on any atom is 0.332 e. The second kappa shape index (κ2) is 9.16. The van der Waals surface area contributed by atoms with E-state index in [0.29, 0.717) is 12.8 Å². The van der Waals surface area contributed by atoms with Gasteiger partial charge in [-0.15, -0.1) is 6.58 Å². The molecule has 0 amide bonds. The molecule has 7 nitrogen and oxygen atoms in total. The van der Waals surface area contributed by atoms with Crippen LogP contribution in [0.2, 0.25) is 0 Å². The highest BCUT2D eigenvalue weighted by Gasteiger charge is 2.68. The Balaban J connectivity index is 0.000000785. The van der Waals surface area contributed by atoms with Crippen molar-refractivity contribution in [2.45, 2.75) is 72.0 Å². The molecule has 0 aromatic heterocycles. The van der Waals surface area contributed by atoms with Gasteiger partial charge in [-0.1, -0.05) is 33.8 Å². The Morgan fingerprint density at radius 1 is 1.32 bits per heavy atom. The minimum absolute atomic E-state index is 0.000000000000000222. The molecule has 3 fully saturated rings. The monoisotopic (exact) mass is 454 g/mol. The molecule has 3 aliphatic rings. The van der Waals surface area contributed by atoms with Gasteiger partial charge in [0.15, 0.2) is 5.11 Å².